The monoisotopic (exact) mass is 367 g/mol. The normalized spacial score (nSPS) is 10.3. The molecule has 1 aromatic heterocycles. The number of anilines is 3. The van der Waals surface area contributed by atoms with E-state index in [4.69, 9.17) is 0 Å². The Labute approximate surface area is 154 Å². The van der Waals surface area contributed by atoms with Crippen LogP contribution >= 0.6 is 0 Å². The quantitative estimate of drug-likeness (QED) is 0.649. The van der Waals surface area contributed by atoms with Gasteiger partial charge in [-0.2, -0.15) is 0 Å². The van der Waals surface area contributed by atoms with Crippen LogP contribution in [0, 0.1) is 11.6 Å². The number of amides is 1. The SMILES string of the molecule is CC(=O)c1ccc(NC(=O)c2cc(Nc3ccc(F)cc3F)ccn2)cc1. The second kappa shape index (κ2) is 7.74. The number of Topliss-reactive ketones (excluding diaryl/α,β-unsaturated/α-hetero) is 1. The summed E-state index contributed by atoms with van der Waals surface area (Å²) >= 11 is 0. The first-order valence-electron chi connectivity index (χ1n) is 8.03. The maximum atomic E-state index is 13.8. The third-order valence-corrected chi connectivity index (χ3v) is 3.75. The number of hydrogen-bond acceptors (Lipinski definition) is 4. The van der Waals surface area contributed by atoms with Crippen molar-refractivity contribution < 1.29 is 18.4 Å². The van der Waals surface area contributed by atoms with Gasteiger partial charge in [-0.3, -0.25) is 14.6 Å². The Morgan fingerprint density at radius 1 is 0.926 bits per heavy atom. The lowest BCUT2D eigenvalue weighted by molar-refractivity contribution is 0.101. The zero-order valence-corrected chi connectivity index (χ0v) is 14.3. The number of pyridine rings is 1. The van der Waals surface area contributed by atoms with Crippen LogP contribution in [-0.2, 0) is 0 Å². The minimum atomic E-state index is -0.747. The summed E-state index contributed by atoms with van der Waals surface area (Å²) in [6.07, 6.45) is 1.40. The van der Waals surface area contributed by atoms with Crippen molar-refractivity contribution in [3.05, 3.63) is 83.7 Å². The van der Waals surface area contributed by atoms with Gasteiger partial charge < -0.3 is 10.6 Å². The molecule has 0 unspecified atom stereocenters. The van der Waals surface area contributed by atoms with Crippen LogP contribution in [0.3, 0.4) is 0 Å². The summed E-state index contributed by atoms with van der Waals surface area (Å²) in [4.78, 5) is 27.6. The lowest BCUT2D eigenvalue weighted by Gasteiger charge is -2.09. The number of nitrogens with one attached hydrogen (secondary N) is 2. The molecule has 2 N–H and O–H groups in total. The fourth-order valence-electron chi connectivity index (χ4n) is 2.36. The molecule has 1 amide bonds. The first kappa shape index (κ1) is 18.2. The molecule has 0 bridgehead atoms. The molecule has 3 aromatic rings. The Balaban J connectivity index is 1.74. The molecule has 0 radical (unpaired) electrons. The van der Waals surface area contributed by atoms with Gasteiger partial charge in [0.05, 0.1) is 5.69 Å². The molecule has 7 heteroatoms. The number of rotatable bonds is 5. The largest absolute Gasteiger partial charge is 0.353 e. The number of benzene rings is 2. The topological polar surface area (TPSA) is 71.1 Å². The van der Waals surface area contributed by atoms with E-state index < -0.39 is 17.5 Å². The van der Waals surface area contributed by atoms with Gasteiger partial charge in [-0.05, 0) is 55.5 Å². The molecule has 0 aliphatic carbocycles. The van der Waals surface area contributed by atoms with Crippen molar-refractivity contribution in [2.75, 3.05) is 10.6 Å². The molecule has 0 atom stereocenters. The van der Waals surface area contributed by atoms with E-state index in [9.17, 15) is 18.4 Å². The Morgan fingerprint density at radius 2 is 1.67 bits per heavy atom. The molecular weight excluding hydrogens is 352 g/mol. The lowest BCUT2D eigenvalue weighted by atomic mass is 10.1. The van der Waals surface area contributed by atoms with Crippen molar-refractivity contribution >= 4 is 28.8 Å². The first-order valence-corrected chi connectivity index (χ1v) is 8.03. The second-order valence-electron chi connectivity index (χ2n) is 5.77. The molecule has 0 saturated carbocycles. The second-order valence-corrected chi connectivity index (χ2v) is 5.77. The number of carbonyl (C=O) groups is 2. The van der Waals surface area contributed by atoms with Crippen LogP contribution in [0.5, 0.6) is 0 Å². The van der Waals surface area contributed by atoms with Gasteiger partial charge in [0.25, 0.3) is 5.91 Å². The molecular formula is C20H15F2N3O2. The highest BCUT2D eigenvalue weighted by atomic mass is 19.1. The van der Waals surface area contributed by atoms with Gasteiger partial charge >= 0.3 is 0 Å². The summed E-state index contributed by atoms with van der Waals surface area (Å²) in [5.41, 5.74) is 1.66. The minimum absolute atomic E-state index is 0.0682. The van der Waals surface area contributed by atoms with Gasteiger partial charge in [-0.25, -0.2) is 8.78 Å². The average molecular weight is 367 g/mol. The highest BCUT2D eigenvalue weighted by Gasteiger charge is 2.10. The Hall–Kier alpha value is -3.61. The van der Waals surface area contributed by atoms with Crippen LogP contribution in [0.4, 0.5) is 25.8 Å². The minimum Gasteiger partial charge on any atom is -0.353 e. The van der Waals surface area contributed by atoms with Gasteiger partial charge in [-0.15, -0.1) is 0 Å². The zero-order valence-electron chi connectivity index (χ0n) is 14.3. The van der Waals surface area contributed by atoms with Crippen LogP contribution in [-0.4, -0.2) is 16.7 Å². The molecule has 0 aliphatic heterocycles. The Kier molecular flexibility index (Phi) is 5.21. The fraction of sp³-hybridized carbons (Fsp3) is 0.0500. The standard InChI is InChI=1S/C20H15F2N3O2/c1-12(26)13-2-5-15(6-3-13)25-20(27)19-11-16(8-9-23-19)24-18-7-4-14(21)10-17(18)22/h2-11H,1H3,(H,23,24)(H,25,27). The van der Waals surface area contributed by atoms with Crippen LogP contribution in [0.2, 0.25) is 0 Å². The fourth-order valence-corrected chi connectivity index (χ4v) is 2.36. The third kappa shape index (κ3) is 4.52. The molecule has 0 fully saturated rings. The number of nitrogens with zero attached hydrogens (tertiary/aromatic N) is 1. The van der Waals surface area contributed by atoms with Crippen LogP contribution in [0.25, 0.3) is 0 Å². The molecule has 1 heterocycles. The van der Waals surface area contributed by atoms with E-state index in [1.165, 1.54) is 25.3 Å². The van der Waals surface area contributed by atoms with Gasteiger partial charge in [-0.1, -0.05) is 0 Å². The smallest absolute Gasteiger partial charge is 0.274 e. The summed E-state index contributed by atoms with van der Waals surface area (Å²) in [5, 5.41) is 5.45. The van der Waals surface area contributed by atoms with Crippen molar-refractivity contribution in [2.24, 2.45) is 0 Å². The average Bonchev–Trinajstić information content (AvgIpc) is 2.65. The summed E-state index contributed by atoms with van der Waals surface area (Å²) in [6, 6.07) is 12.6. The van der Waals surface area contributed by atoms with E-state index >= 15 is 0 Å². The van der Waals surface area contributed by atoms with Crippen molar-refractivity contribution in [3.63, 3.8) is 0 Å². The molecule has 2 aromatic carbocycles. The number of halogens is 2. The lowest BCUT2D eigenvalue weighted by Crippen LogP contribution is -2.14. The predicted molar refractivity (Wildman–Crippen MR) is 98.3 cm³/mol. The predicted octanol–water partition coefficient (Wildman–Crippen LogP) is 4.56. The van der Waals surface area contributed by atoms with Crippen molar-refractivity contribution in [1.82, 2.24) is 4.98 Å². The van der Waals surface area contributed by atoms with E-state index in [-0.39, 0.29) is 17.2 Å². The summed E-state index contributed by atoms with van der Waals surface area (Å²) in [6.45, 7) is 1.46. The van der Waals surface area contributed by atoms with E-state index in [2.05, 4.69) is 15.6 Å². The van der Waals surface area contributed by atoms with Crippen LogP contribution in [0.1, 0.15) is 27.8 Å². The molecule has 5 nitrogen and oxygen atoms in total. The summed E-state index contributed by atoms with van der Waals surface area (Å²) in [7, 11) is 0. The summed E-state index contributed by atoms with van der Waals surface area (Å²) in [5.74, 6) is -1.96. The van der Waals surface area contributed by atoms with Gasteiger partial charge in [0.15, 0.2) is 5.78 Å². The van der Waals surface area contributed by atoms with E-state index in [1.54, 1.807) is 30.3 Å². The van der Waals surface area contributed by atoms with Gasteiger partial charge in [0.1, 0.15) is 17.3 Å². The van der Waals surface area contributed by atoms with E-state index in [1.807, 2.05) is 0 Å². The number of hydrogen-bond donors (Lipinski definition) is 2. The number of carbonyl (C=O) groups excluding carboxylic acids is 2. The highest BCUT2D eigenvalue weighted by Crippen LogP contribution is 2.21. The third-order valence-electron chi connectivity index (χ3n) is 3.75. The summed E-state index contributed by atoms with van der Waals surface area (Å²) < 4.78 is 26.7. The van der Waals surface area contributed by atoms with Crippen molar-refractivity contribution in [2.45, 2.75) is 6.92 Å². The van der Waals surface area contributed by atoms with E-state index in [0.29, 0.717) is 16.9 Å². The molecule has 3 rings (SSSR count). The number of aromatic nitrogens is 1. The maximum absolute atomic E-state index is 13.8. The Morgan fingerprint density at radius 3 is 2.33 bits per heavy atom. The van der Waals surface area contributed by atoms with Crippen LogP contribution in [0.15, 0.2) is 60.8 Å². The maximum Gasteiger partial charge on any atom is 0.274 e. The first-order chi connectivity index (χ1) is 12.9. The molecule has 0 aliphatic rings. The Bertz CT molecular complexity index is 1000. The van der Waals surface area contributed by atoms with Gasteiger partial charge in [0, 0.05) is 29.2 Å². The van der Waals surface area contributed by atoms with Gasteiger partial charge in [0.2, 0.25) is 0 Å². The molecule has 27 heavy (non-hydrogen) atoms. The molecule has 136 valence electrons. The van der Waals surface area contributed by atoms with Crippen LogP contribution < -0.4 is 10.6 Å². The van der Waals surface area contributed by atoms with E-state index in [0.717, 1.165) is 12.1 Å². The van der Waals surface area contributed by atoms with Crippen molar-refractivity contribution in [1.29, 1.82) is 0 Å². The molecule has 0 saturated heterocycles. The van der Waals surface area contributed by atoms with Crippen molar-refractivity contribution in [3.8, 4) is 0 Å². The zero-order chi connectivity index (χ0) is 19.4. The molecule has 0 spiro atoms. The highest BCUT2D eigenvalue weighted by molar-refractivity contribution is 6.03. The number of ketones is 1.